The van der Waals surface area contributed by atoms with Crippen molar-refractivity contribution >= 4 is 5.69 Å². The topological polar surface area (TPSA) is 69.2 Å². The van der Waals surface area contributed by atoms with Gasteiger partial charge in [0.2, 0.25) is 5.89 Å². The van der Waals surface area contributed by atoms with Crippen LogP contribution in [0.25, 0.3) is 0 Å². The fraction of sp³-hybridized carbons (Fsp3) is 0.500. The minimum Gasteiger partial charge on any atom is -0.368 e. The second-order valence-corrected chi connectivity index (χ2v) is 6.24. The van der Waals surface area contributed by atoms with Crippen molar-refractivity contribution in [3.05, 3.63) is 41.3 Å². The molecule has 132 valence electrons. The summed E-state index contributed by atoms with van der Waals surface area (Å²) in [6, 6.07) is 6.79. The molecular weight excluding hydrogens is 321 g/mol. The van der Waals surface area contributed by atoms with Gasteiger partial charge in [0.1, 0.15) is 17.4 Å². The molecule has 0 amide bonds. The van der Waals surface area contributed by atoms with Gasteiger partial charge in [-0.05, 0) is 25.5 Å². The first kappa shape index (κ1) is 17.4. The highest BCUT2D eigenvalue weighted by atomic mass is 19.1. The lowest BCUT2D eigenvalue weighted by molar-refractivity contribution is 0.164. The number of hydrogen-bond acceptors (Lipinski definition) is 6. The smallest absolute Gasteiger partial charge is 0.243 e. The lowest BCUT2D eigenvalue weighted by atomic mass is 10.1. The predicted octanol–water partition coefficient (Wildman–Crippen LogP) is 2.92. The van der Waals surface area contributed by atoms with Crippen molar-refractivity contribution in [2.75, 3.05) is 31.1 Å². The molecule has 0 spiro atoms. The van der Waals surface area contributed by atoms with Crippen LogP contribution in [0.2, 0.25) is 0 Å². The molecule has 2 aromatic rings. The van der Waals surface area contributed by atoms with Gasteiger partial charge in [-0.3, -0.25) is 4.90 Å². The molecule has 0 radical (unpaired) electrons. The molecular formula is C18H22FN5O. The first-order valence-corrected chi connectivity index (χ1v) is 8.64. The second-order valence-electron chi connectivity index (χ2n) is 6.24. The second kappa shape index (κ2) is 7.62. The first-order chi connectivity index (χ1) is 12.1. The number of piperazine rings is 1. The standard InChI is InChI=1S/C18H22FN5O/c1-3-5-17-21-18(25-22-17)13(2)23-8-10-24(11-9-23)16-7-4-6-15(19)14(16)12-20/h4,6-7,13H,3,5,8-11H2,1-2H3/t13-/m0/s1. The molecule has 1 saturated heterocycles. The maximum atomic E-state index is 13.8. The van der Waals surface area contributed by atoms with E-state index in [2.05, 4.69) is 33.8 Å². The van der Waals surface area contributed by atoms with E-state index in [1.165, 1.54) is 6.07 Å². The Morgan fingerprint density at radius 1 is 1.32 bits per heavy atom. The highest BCUT2D eigenvalue weighted by molar-refractivity contribution is 5.60. The largest absolute Gasteiger partial charge is 0.368 e. The van der Waals surface area contributed by atoms with Crippen LogP contribution in [-0.4, -0.2) is 41.2 Å². The molecule has 2 heterocycles. The van der Waals surface area contributed by atoms with Crippen LogP contribution in [0.15, 0.2) is 22.7 Å². The molecule has 3 rings (SSSR count). The quantitative estimate of drug-likeness (QED) is 0.831. The third-order valence-electron chi connectivity index (χ3n) is 4.62. The van der Waals surface area contributed by atoms with Crippen LogP contribution in [-0.2, 0) is 6.42 Å². The molecule has 1 atom stereocenters. The molecule has 1 fully saturated rings. The van der Waals surface area contributed by atoms with E-state index in [-0.39, 0.29) is 11.6 Å². The van der Waals surface area contributed by atoms with E-state index < -0.39 is 5.82 Å². The third kappa shape index (κ3) is 3.64. The predicted molar refractivity (Wildman–Crippen MR) is 91.6 cm³/mol. The zero-order valence-electron chi connectivity index (χ0n) is 14.6. The maximum Gasteiger partial charge on any atom is 0.243 e. The summed E-state index contributed by atoms with van der Waals surface area (Å²) in [4.78, 5) is 8.79. The Hall–Kier alpha value is -2.46. The molecule has 25 heavy (non-hydrogen) atoms. The zero-order valence-corrected chi connectivity index (χ0v) is 14.6. The van der Waals surface area contributed by atoms with Crippen LogP contribution in [0, 0.1) is 17.1 Å². The summed E-state index contributed by atoms with van der Waals surface area (Å²) >= 11 is 0. The molecule has 0 bridgehead atoms. The number of rotatable bonds is 5. The SMILES string of the molecule is CCCc1noc([C@H](C)N2CCN(c3cccc(F)c3C#N)CC2)n1. The van der Waals surface area contributed by atoms with Crippen molar-refractivity contribution in [3.8, 4) is 6.07 Å². The summed E-state index contributed by atoms with van der Waals surface area (Å²) in [5.74, 6) is 0.923. The maximum absolute atomic E-state index is 13.8. The Morgan fingerprint density at radius 2 is 2.08 bits per heavy atom. The molecule has 1 aromatic carbocycles. The minimum atomic E-state index is -0.467. The van der Waals surface area contributed by atoms with Crippen molar-refractivity contribution in [1.29, 1.82) is 5.26 Å². The van der Waals surface area contributed by atoms with E-state index >= 15 is 0 Å². The number of hydrogen-bond donors (Lipinski definition) is 0. The first-order valence-electron chi connectivity index (χ1n) is 8.64. The van der Waals surface area contributed by atoms with Crippen molar-refractivity contribution in [1.82, 2.24) is 15.0 Å². The highest BCUT2D eigenvalue weighted by Crippen LogP contribution is 2.26. The minimum absolute atomic E-state index is 0.0446. The summed E-state index contributed by atoms with van der Waals surface area (Å²) in [5, 5.41) is 13.2. The Morgan fingerprint density at radius 3 is 2.76 bits per heavy atom. The van der Waals surface area contributed by atoms with E-state index in [9.17, 15) is 9.65 Å². The number of aryl methyl sites for hydroxylation is 1. The number of benzene rings is 1. The van der Waals surface area contributed by atoms with E-state index in [1.807, 2.05) is 6.07 Å². The van der Waals surface area contributed by atoms with Crippen LogP contribution in [0.5, 0.6) is 0 Å². The van der Waals surface area contributed by atoms with Gasteiger partial charge in [-0.1, -0.05) is 18.1 Å². The highest BCUT2D eigenvalue weighted by Gasteiger charge is 2.27. The van der Waals surface area contributed by atoms with Gasteiger partial charge in [0.15, 0.2) is 5.82 Å². The van der Waals surface area contributed by atoms with Crippen molar-refractivity contribution in [2.45, 2.75) is 32.7 Å². The van der Waals surface area contributed by atoms with Crippen molar-refractivity contribution < 1.29 is 8.91 Å². The Balaban J connectivity index is 1.65. The molecule has 1 aliphatic heterocycles. The summed E-state index contributed by atoms with van der Waals surface area (Å²) in [5.41, 5.74) is 0.780. The van der Waals surface area contributed by atoms with Crippen molar-refractivity contribution in [3.63, 3.8) is 0 Å². The monoisotopic (exact) mass is 343 g/mol. The van der Waals surface area contributed by atoms with Gasteiger partial charge in [-0.2, -0.15) is 10.2 Å². The molecule has 1 aromatic heterocycles. The van der Waals surface area contributed by atoms with Gasteiger partial charge in [0.05, 0.1) is 11.7 Å². The van der Waals surface area contributed by atoms with Gasteiger partial charge in [0.25, 0.3) is 0 Å². The van der Waals surface area contributed by atoms with Gasteiger partial charge in [0, 0.05) is 32.6 Å². The summed E-state index contributed by atoms with van der Waals surface area (Å²) in [6.45, 7) is 7.15. The normalized spacial score (nSPS) is 16.6. The third-order valence-corrected chi connectivity index (χ3v) is 4.62. The van der Waals surface area contributed by atoms with Gasteiger partial charge in [-0.25, -0.2) is 4.39 Å². The number of anilines is 1. The van der Waals surface area contributed by atoms with Crippen LogP contribution in [0.4, 0.5) is 10.1 Å². The molecule has 6 nitrogen and oxygen atoms in total. The summed E-state index contributed by atoms with van der Waals surface area (Å²) in [7, 11) is 0. The van der Waals surface area contributed by atoms with Gasteiger partial charge in [-0.15, -0.1) is 0 Å². The molecule has 0 unspecified atom stereocenters. The van der Waals surface area contributed by atoms with Crippen molar-refractivity contribution in [2.24, 2.45) is 0 Å². The molecule has 0 saturated carbocycles. The summed E-state index contributed by atoms with van der Waals surface area (Å²) in [6.07, 6.45) is 1.81. The van der Waals surface area contributed by atoms with Gasteiger partial charge < -0.3 is 9.42 Å². The molecule has 0 N–H and O–H groups in total. The van der Waals surface area contributed by atoms with E-state index in [0.29, 0.717) is 11.6 Å². The van der Waals surface area contributed by atoms with Gasteiger partial charge >= 0.3 is 0 Å². The molecule has 0 aliphatic carbocycles. The average Bonchev–Trinajstić information content (AvgIpc) is 3.10. The van der Waals surface area contributed by atoms with Crippen LogP contribution < -0.4 is 4.90 Å². The van der Waals surface area contributed by atoms with Crippen LogP contribution in [0.1, 0.15) is 43.6 Å². The van der Waals surface area contributed by atoms with E-state index in [4.69, 9.17) is 4.52 Å². The fourth-order valence-electron chi connectivity index (χ4n) is 3.16. The Bertz CT molecular complexity index is 761. The lowest BCUT2D eigenvalue weighted by Crippen LogP contribution is -2.47. The fourth-order valence-corrected chi connectivity index (χ4v) is 3.16. The van der Waals surface area contributed by atoms with E-state index in [0.717, 1.165) is 44.8 Å². The number of aromatic nitrogens is 2. The molecule has 1 aliphatic rings. The van der Waals surface area contributed by atoms with E-state index in [1.54, 1.807) is 12.1 Å². The van der Waals surface area contributed by atoms with Crippen LogP contribution >= 0.6 is 0 Å². The lowest BCUT2D eigenvalue weighted by Gasteiger charge is -2.38. The van der Waals surface area contributed by atoms with Crippen LogP contribution in [0.3, 0.4) is 0 Å². The summed E-state index contributed by atoms with van der Waals surface area (Å²) < 4.78 is 19.2. The Labute approximate surface area is 146 Å². The average molecular weight is 343 g/mol. The Kier molecular flexibility index (Phi) is 5.29. The number of nitriles is 1. The zero-order chi connectivity index (χ0) is 17.8. The number of halogens is 1. The number of nitrogens with zero attached hydrogens (tertiary/aromatic N) is 5. The molecule has 7 heteroatoms.